The van der Waals surface area contributed by atoms with Gasteiger partial charge in [0.25, 0.3) is 0 Å². The summed E-state index contributed by atoms with van der Waals surface area (Å²) in [5.41, 5.74) is 0.868. The molecule has 1 unspecified atom stereocenters. The number of ether oxygens (including phenoxy) is 2. The average molecular weight is 253 g/mol. The molecule has 4 heteroatoms. The molecule has 1 N–H and O–H groups in total. The van der Waals surface area contributed by atoms with E-state index in [2.05, 4.69) is 0 Å². The van der Waals surface area contributed by atoms with Crippen LogP contribution in [0.3, 0.4) is 0 Å². The maximum Gasteiger partial charge on any atom is 0.158 e. The topological polar surface area (TPSA) is 42.3 Å². The van der Waals surface area contributed by atoms with Crippen LogP contribution in [0.2, 0.25) is 0 Å². The highest BCUT2D eigenvalue weighted by molar-refractivity contribution is 7.08. The van der Waals surface area contributed by atoms with Gasteiger partial charge in [-0.15, -0.1) is 0 Å². The third-order valence-electron chi connectivity index (χ3n) is 2.98. The molecule has 0 aliphatic carbocycles. The minimum atomic E-state index is -0.594. The minimum Gasteiger partial charge on any atom is -0.353 e. The molecule has 0 amide bonds. The summed E-state index contributed by atoms with van der Waals surface area (Å²) in [4.78, 5) is 0. The third-order valence-corrected chi connectivity index (χ3v) is 3.66. The van der Waals surface area contributed by atoms with Crippen LogP contribution in [0.4, 0.5) is 0 Å². The molecule has 0 saturated carbocycles. The maximum atomic E-state index is 8.19. The van der Waals surface area contributed by atoms with Gasteiger partial charge >= 0.3 is 0 Å². The van der Waals surface area contributed by atoms with Crippen molar-refractivity contribution in [3.63, 3.8) is 0 Å². The monoisotopic (exact) mass is 253 g/mol. The fourth-order valence-corrected chi connectivity index (χ4v) is 2.59. The first-order valence-electron chi connectivity index (χ1n) is 6.00. The molecule has 0 aromatic carbocycles. The van der Waals surface area contributed by atoms with Crippen molar-refractivity contribution in [1.82, 2.24) is 0 Å². The van der Waals surface area contributed by atoms with E-state index in [4.69, 9.17) is 14.9 Å². The van der Waals surface area contributed by atoms with E-state index in [9.17, 15) is 0 Å². The smallest absolute Gasteiger partial charge is 0.158 e. The first kappa shape index (κ1) is 12.7. The molecule has 1 fully saturated rings. The lowest BCUT2D eigenvalue weighted by Gasteiger charge is -2.33. The van der Waals surface area contributed by atoms with Gasteiger partial charge in [0.1, 0.15) is 5.60 Å². The minimum absolute atomic E-state index is 0.155. The van der Waals surface area contributed by atoms with Crippen LogP contribution in [-0.4, -0.2) is 24.2 Å². The highest BCUT2D eigenvalue weighted by Gasteiger charge is 2.30. The number of rotatable bonds is 4. The summed E-state index contributed by atoms with van der Waals surface area (Å²) in [6.07, 6.45) is 3.03. The molecule has 1 aliphatic heterocycles. The lowest BCUT2D eigenvalue weighted by molar-refractivity contribution is -0.196. The van der Waals surface area contributed by atoms with Crippen LogP contribution in [0, 0.1) is 5.41 Å². The molecule has 0 bridgehead atoms. The van der Waals surface area contributed by atoms with Crippen LogP contribution in [-0.2, 0) is 9.47 Å². The molecule has 1 atom stereocenters. The summed E-state index contributed by atoms with van der Waals surface area (Å²) in [7, 11) is 0. The van der Waals surface area contributed by atoms with Crippen molar-refractivity contribution in [1.29, 1.82) is 5.41 Å². The van der Waals surface area contributed by atoms with Crippen LogP contribution in [0.1, 0.15) is 38.7 Å². The van der Waals surface area contributed by atoms with E-state index in [1.54, 1.807) is 11.3 Å². The Morgan fingerprint density at radius 2 is 2.35 bits per heavy atom. The first-order valence-corrected chi connectivity index (χ1v) is 6.95. The number of hydrogen-bond donors (Lipinski definition) is 1. The second-order valence-electron chi connectivity index (χ2n) is 4.81. The lowest BCUT2D eigenvalue weighted by atomic mass is 9.97. The van der Waals surface area contributed by atoms with Gasteiger partial charge in [0, 0.05) is 12.2 Å². The normalized spacial score (nSPS) is 21.4. The van der Waals surface area contributed by atoms with E-state index >= 15 is 0 Å². The fourth-order valence-electron chi connectivity index (χ4n) is 1.95. The van der Waals surface area contributed by atoms with Gasteiger partial charge in [-0.3, -0.25) is 0 Å². The summed E-state index contributed by atoms with van der Waals surface area (Å²) in [6.45, 7) is 4.64. The van der Waals surface area contributed by atoms with Crippen LogP contribution >= 0.6 is 11.3 Å². The van der Waals surface area contributed by atoms with Gasteiger partial charge in [-0.05, 0) is 49.9 Å². The Kier molecular flexibility index (Phi) is 3.97. The highest BCUT2D eigenvalue weighted by Crippen LogP contribution is 2.24. The second kappa shape index (κ2) is 5.29. The summed E-state index contributed by atoms with van der Waals surface area (Å²) in [5.74, 6) is 0. The second-order valence-corrected chi connectivity index (χ2v) is 5.59. The zero-order valence-electron chi connectivity index (χ0n) is 10.4. The predicted molar refractivity (Wildman–Crippen MR) is 69.9 cm³/mol. The van der Waals surface area contributed by atoms with E-state index < -0.39 is 5.60 Å². The van der Waals surface area contributed by atoms with Crippen LogP contribution in [0.5, 0.6) is 0 Å². The zero-order chi connectivity index (χ0) is 12.3. The lowest BCUT2D eigenvalue weighted by Crippen LogP contribution is -2.40. The van der Waals surface area contributed by atoms with E-state index in [1.165, 1.54) is 0 Å². The quantitative estimate of drug-likeness (QED) is 0.835. The van der Waals surface area contributed by atoms with Crippen LogP contribution in [0.15, 0.2) is 16.8 Å². The SMILES string of the molecule is CC(C)(OC1CCCCO1)C(=N)c1ccsc1. The summed E-state index contributed by atoms with van der Waals surface area (Å²) >= 11 is 1.60. The van der Waals surface area contributed by atoms with Gasteiger partial charge in [0.05, 0.1) is 5.71 Å². The Balaban J connectivity index is 2.00. The average Bonchev–Trinajstić information content (AvgIpc) is 2.82. The Morgan fingerprint density at radius 1 is 1.53 bits per heavy atom. The van der Waals surface area contributed by atoms with Gasteiger partial charge in [-0.25, -0.2) is 0 Å². The third kappa shape index (κ3) is 3.15. The van der Waals surface area contributed by atoms with Gasteiger partial charge in [0.2, 0.25) is 0 Å². The molecule has 1 aliphatic rings. The standard InChI is InChI=1S/C13H19NO2S/c1-13(2,12(14)10-6-8-17-9-10)16-11-5-3-4-7-15-11/h6,8-9,11,14H,3-5,7H2,1-2H3. The Labute approximate surface area is 106 Å². The number of thiophene rings is 1. The van der Waals surface area contributed by atoms with E-state index in [0.29, 0.717) is 5.71 Å². The van der Waals surface area contributed by atoms with Gasteiger partial charge in [-0.1, -0.05) is 0 Å². The van der Waals surface area contributed by atoms with Crippen LogP contribution < -0.4 is 0 Å². The number of nitrogens with one attached hydrogen (secondary N) is 1. The number of hydrogen-bond acceptors (Lipinski definition) is 4. The predicted octanol–water partition coefficient (Wildman–Crippen LogP) is 3.44. The maximum absolute atomic E-state index is 8.19. The van der Waals surface area contributed by atoms with Gasteiger partial charge in [-0.2, -0.15) is 11.3 Å². The van der Waals surface area contributed by atoms with Crippen molar-refractivity contribution >= 4 is 17.0 Å². The summed E-state index contributed by atoms with van der Waals surface area (Å²) < 4.78 is 11.5. The molecule has 3 nitrogen and oxygen atoms in total. The van der Waals surface area contributed by atoms with Crippen molar-refractivity contribution in [2.75, 3.05) is 6.61 Å². The highest BCUT2D eigenvalue weighted by atomic mass is 32.1. The Bertz CT molecular complexity index is 367. The summed E-state index contributed by atoms with van der Waals surface area (Å²) in [6, 6.07) is 1.96. The molecule has 1 aromatic rings. The fraction of sp³-hybridized carbons (Fsp3) is 0.615. The van der Waals surface area contributed by atoms with Crippen molar-refractivity contribution in [2.24, 2.45) is 0 Å². The summed E-state index contributed by atoms with van der Waals surface area (Å²) in [5, 5.41) is 12.2. The molecular weight excluding hydrogens is 234 g/mol. The molecule has 1 saturated heterocycles. The zero-order valence-corrected chi connectivity index (χ0v) is 11.2. The van der Waals surface area contributed by atoms with E-state index in [-0.39, 0.29) is 6.29 Å². The molecule has 0 spiro atoms. The molecule has 1 aromatic heterocycles. The Morgan fingerprint density at radius 3 is 2.94 bits per heavy atom. The van der Waals surface area contributed by atoms with Crippen molar-refractivity contribution < 1.29 is 9.47 Å². The largest absolute Gasteiger partial charge is 0.353 e. The van der Waals surface area contributed by atoms with E-state index in [0.717, 1.165) is 31.4 Å². The molecule has 2 rings (SSSR count). The van der Waals surface area contributed by atoms with Gasteiger partial charge < -0.3 is 14.9 Å². The molecule has 0 radical (unpaired) electrons. The molecular formula is C13H19NO2S. The van der Waals surface area contributed by atoms with Crippen molar-refractivity contribution in [3.05, 3.63) is 22.4 Å². The van der Waals surface area contributed by atoms with Crippen molar-refractivity contribution in [2.45, 2.75) is 45.0 Å². The van der Waals surface area contributed by atoms with Crippen molar-refractivity contribution in [3.8, 4) is 0 Å². The Hall–Kier alpha value is -0.710. The van der Waals surface area contributed by atoms with Gasteiger partial charge in [0.15, 0.2) is 6.29 Å². The first-order chi connectivity index (χ1) is 8.09. The van der Waals surface area contributed by atoms with E-state index in [1.807, 2.05) is 30.7 Å². The van der Waals surface area contributed by atoms with Crippen LogP contribution in [0.25, 0.3) is 0 Å². The molecule has 94 valence electrons. The molecule has 17 heavy (non-hydrogen) atoms. The molecule has 2 heterocycles.